The van der Waals surface area contributed by atoms with E-state index in [1.165, 1.54) is 11.3 Å². The summed E-state index contributed by atoms with van der Waals surface area (Å²) in [5.74, 6) is 0.604. The third-order valence-electron chi connectivity index (χ3n) is 2.09. The van der Waals surface area contributed by atoms with E-state index in [9.17, 15) is 0 Å². The van der Waals surface area contributed by atoms with Crippen LogP contribution in [0.2, 0.25) is 5.15 Å². The van der Waals surface area contributed by atoms with Crippen molar-refractivity contribution < 1.29 is 0 Å². The summed E-state index contributed by atoms with van der Waals surface area (Å²) in [6.07, 6.45) is 1.74. The second-order valence-electron chi connectivity index (χ2n) is 4.49. The van der Waals surface area contributed by atoms with Crippen molar-refractivity contribution in [3.05, 3.63) is 28.5 Å². The van der Waals surface area contributed by atoms with Gasteiger partial charge >= 0.3 is 0 Å². The number of hydrogen-bond acceptors (Lipinski definition) is 4. The molecule has 0 N–H and O–H groups in total. The molecule has 5 heteroatoms. The largest absolute Gasteiger partial charge is 0.241 e. The van der Waals surface area contributed by atoms with E-state index in [0.717, 1.165) is 10.7 Å². The predicted octanol–water partition coefficient (Wildman–Crippen LogP) is 3.55. The van der Waals surface area contributed by atoms with Crippen molar-refractivity contribution in [2.45, 2.75) is 26.2 Å². The maximum atomic E-state index is 6.00. The average Bonchev–Trinajstić information content (AvgIpc) is 2.68. The minimum Gasteiger partial charge on any atom is -0.241 e. The van der Waals surface area contributed by atoms with Crippen LogP contribution in [0, 0.1) is 0 Å². The van der Waals surface area contributed by atoms with Crippen LogP contribution in [0.4, 0.5) is 0 Å². The topological polar surface area (TPSA) is 38.7 Å². The molecule has 16 heavy (non-hydrogen) atoms. The Morgan fingerprint density at radius 2 is 2.00 bits per heavy atom. The first-order valence-corrected chi connectivity index (χ1v) is 6.17. The highest BCUT2D eigenvalue weighted by Gasteiger charge is 2.18. The van der Waals surface area contributed by atoms with Crippen molar-refractivity contribution in [2.24, 2.45) is 0 Å². The summed E-state index contributed by atoms with van der Waals surface area (Å²) in [5.41, 5.74) is 0.885. The fourth-order valence-electron chi connectivity index (χ4n) is 1.23. The summed E-state index contributed by atoms with van der Waals surface area (Å²) in [6, 6.07) is 1.80. The maximum Gasteiger partial charge on any atom is 0.190 e. The average molecular weight is 254 g/mol. The third-order valence-corrected chi connectivity index (χ3v) is 3.05. The monoisotopic (exact) mass is 253 g/mol. The van der Waals surface area contributed by atoms with Crippen molar-refractivity contribution in [1.82, 2.24) is 15.0 Å². The van der Waals surface area contributed by atoms with Gasteiger partial charge in [-0.3, -0.25) is 0 Å². The Kier molecular flexibility index (Phi) is 2.95. The van der Waals surface area contributed by atoms with Gasteiger partial charge < -0.3 is 0 Å². The molecule has 2 aromatic heterocycles. The van der Waals surface area contributed by atoms with E-state index in [1.807, 2.05) is 5.38 Å². The Bertz CT molecular complexity index is 488. The molecule has 0 atom stereocenters. The second kappa shape index (κ2) is 4.11. The van der Waals surface area contributed by atoms with Gasteiger partial charge in [0.15, 0.2) is 10.8 Å². The number of thiazole rings is 1. The summed E-state index contributed by atoms with van der Waals surface area (Å²) < 4.78 is 0. The van der Waals surface area contributed by atoms with Crippen molar-refractivity contribution in [2.75, 3.05) is 0 Å². The Labute approximate surface area is 104 Å². The molecule has 3 nitrogen and oxygen atoms in total. The highest BCUT2D eigenvalue weighted by atomic mass is 35.5. The van der Waals surface area contributed by atoms with Crippen LogP contribution in [-0.4, -0.2) is 15.0 Å². The number of halogens is 1. The maximum absolute atomic E-state index is 6.00. The normalized spacial score (nSPS) is 11.8. The first-order valence-electron chi connectivity index (χ1n) is 4.92. The van der Waals surface area contributed by atoms with Crippen LogP contribution in [0.25, 0.3) is 10.8 Å². The minimum atomic E-state index is -0.0431. The molecule has 0 fully saturated rings. The minimum absolute atomic E-state index is 0.0431. The standard InChI is InChI=1S/C11H12ClN3S/c1-11(2,3)7-6-8(12)15-9(14-7)10-13-4-5-16-10/h4-6H,1-3H3. The van der Waals surface area contributed by atoms with Gasteiger partial charge in [0.2, 0.25) is 0 Å². The molecule has 0 unspecified atom stereocenters. The number of aromatic nitrogens is 3. The Morgan fingerprint density at radius 3 is 2.56 bits per heavy atom. The molecule has 0 amide bonds. The van der Waals surface area contributed by atoms with Crippen molar-refractivity contribution in [1.29, 1.82) is 0 Å². The lowest BCUT2D eigenvalue weighted by atomic mass is 9.92. The van der Waals surface area contributed by atoms with Crippen LogP contribution < -0.4 is 0 Å². The van der Waals surface area contributed by atoms with Gasteiger partial charge in [0, 0.05) is 17.0 Å². The molecular weight excluding hydrogens is 242 g/mol. The van der Waals surface area contributed by atoms with Crippen LogP contribution in [-0.2, 0) is 5.41 Å². The molecule has 2 heterocycles. The van der Waals surface area contributed by atoms with E-state index >= 15 is 0 Å². The molecule has 0 saturated heterocycles. The molecule has 0 bridgehead atoms. The second-order valence-corrected chi connectivity index (χ2v) is 5.77. The zero-order valence-electron chi connectivity index (χ0n) is 9.36. The van der Waals surface area contributed by atoms with E-state index in [1.54, 1.807) is 12.3 Å². The summed E-state index contributed by atoms with van der Waals surface area (Å²) in [4.78, 5) is 12.9. The number of hydrogen-bond donors (Lipinski definition) is 0. The summed E-state index contributed by atoms with van der Waals surface area (Å²) >= 11 is 7.51. The van der Waals surface area contributed by atoms with E-state index in [-0.39, 0.29) is 5.41 Å². The molecule has 84 valence electrons. The lowest BCUT2D eigenvalue weighted by Crippen LogP contribution is -2.14. The molecule has 0 aromatic carbocycles. The summed E-state index contributed by atoms with van der Waals surface area (Å²) in [7, 11) is 0. The van der Waals surface area contributed by atoms with Crippen molar-refractivity contribution >= 4 is 22.9 Å². The van der Waals surface area contributed by atoms with Crippen LogP contribution >= 0.6 is 22.9 Å². The smallest absolute Gasteiger partial charge is 0.190 e. The lowest BCUT2D eigenvalue weighted by Gasteiger charge is -2.17. The molecule has 0 aliphatic heterocycles. The van der Waals surface area contributed by atoms with Gasteiger partial charge in [-0.25, -0.2) is 15.0 Å². The SMILES string of the molecule is CC(C)(C)c1cc(Cl)nc(-c2nccs2)n1. The number of nitrogens with zero attached hydrogens (tertiary/aromatic N) is 3. The molecular formula is C11H12ClN3S. The van der Waals surface area contributed by atoms with Gasteiger partial charge in [-0.05, 0) is 6.07 Å². The van der Waals surface area contributed by atoms with Crippen molar-refractivity contribution in [3.63, 3.8) is 0 Å². The van der Waals surface area contributed by atoms with Gasteiger partial charge in [0.1, 0.15) is 5.15 Å². The highest BCUT2D eigenvalue weighted by molar-refractivity contribution is 7.13. The molecule has 2 rings (SSSR count). The quantitative estimate of drug-likeness (QED) is 0.730. The van der Waals surface area contributed by atoms with E-state index in [0.29, 0.717) is 11.0 Å². The van der Waals surface area contributed by atoms with E-state index in [2.05, 4.69) is 35.7 Å². The fraction of sp³-hybridized carbons (Fsp3) is 0.364. The molecule has 0 spiro atoms. The van der Waals surface area contributed by atoms with Crippen LogP contribution in [0.15, 0.2) is 17.6 Å². The summed E-state index contributed by atoms with van der Waals surface area (Å²) in [5, 5.41) is 3.16. The molecule has 0 aliphatic rings. The van der Waals surface area contributed by atoms with Crippen LogP contribution in [0.5, 0.6) is 0 Å². The van der Waals surface area contributed by atoms with Crippen molar-refractivity contribution in [3.8, 4) is 10.8 Å². The van der Waals surface area contributed by atoms with Gasteiger partial charge in [0.05, 0.1) is 5.69 Å². The van der Waals surface area contributed by atoms with Gasteiger partial charge in [-0.2, -0.15) is 0 Å². The third kappa shape index (κ3) is 2.39. The fourth-order valence-corrected chi connectivity index (χ4v) is 1.98. The van der Waals surface area contributed by atoms with Gasteiger partial charge in [0.25, 0.3) is 0 Å². The highest BCUT2D eigenvalue weighted by Crippen LogP contribution is 2.26. The van der Waals surface area contributed by atoms with Crippen LogP contribution in [0.3, 0.4) is 0 Å². The predicted molar refractivity (Wildman–Crippen MR) is 66.9 cm³/mol. The van der Waals surface area contributed by atoms with Gasteiger partial charge in [-0.1, -0.05) is 32.4 Å². The molecule has 0 aliphatic carbocycles. The molecule has 0 radical (unpaired) electrons. The lowest BCUT2D eigenvalue weighted by molar-refractivity contribution is 0.568. The zero-order valence-corrected chi connectivity index (χ0v) is 10.9. The number of rotatable bonds is 1. The van der Waals surface area contributed by atoms with Crippen LogP contribution in [0.1, 0.15) is 26.5 Å². The molecule has 2 aromatic rings. The zero-order chi connectivity index (χ0) is 11.8. The first-order chi connectivity index (χ1) is 7.47. The summed E-state index contributed by atoms with van der Waals surface area (Å²) in [6.45, 7) is 6.28. The van der Waals surface area contributed by atoms with Gasteiger partial charge in [-0.15, -0.1) is 11.3 Å². The Morgan fingerprint density at radius 1 is 1.25 bits per heavy atom. The molecule has 0 saturated carbocycles. The first kappa shape index (κ1) is 11.5. The Hall–Kier alpha value is -1.00. The van der Waals surface area contributed by atoms with E-state index < -0.39 is 0 Å². The Balaban J connectivity index is 2.53. The van der Waals surface area contributed by atoms with E-state index in [4.69, 9.17) is 11.6 Å².